The van der Waals surface area contributed by atoms with E-state index in [1.165, 1.54) is 49.7 Å². The zero-order chi connectivity index (χ0) is 25.5. The zero-order valence-corrected chi connectivity index (χ0v) is 23.0. The lowest BCUT2D eigenvalue weighted by Gasteiger charge is -2.50. The normalized spacial score (nSPS) is 28.6. The maximum atomic E-state index is 12.6. The Morgan fingerprint density at radius 2 is 1.61 bits per heavy atom. The molecule has 200 valence electrons. The number of unbranched alkanes of at least 4 members (excludes halogenated alkanes) is 6. The van der Waals surface area contributed by atoms with E-state index in [1.54, 1.807) is 0 Å². The van der Waals surface area contributed by atoms with Gasteiger partial charge in [0.25, 0.3) is 0 Å². The average Bonchev–Trinajstić information content (AvgIpc) is 3.20. The van der Waals surface area contributed by atoms with Crippen LogP contribution in [0.5, 0.6) is 5.75 Å². The summed E-state index contributed by atoms with van der Waals surface area (Å²) in [5.41, 5.74) is 2.95. The first-order valence-electron chi connectivity index (χ1n) is 15.0. The fourth-order valence-corrected chi connectivity index (χ4v) is 7.56. The molecule has 0 amide bonds. The molecule has 0 radical (unpaired) electrons. The summed E-state index contributed by atoms with van der Waals surface area (Å²) < 4.78 is 11.8. The van der Waals surface area contributed by atoms with E-state index >= 15 is 0 Å². The first kappa shape index (κ1) is 27.2. The Labute approximate surface area is 218 Å². The Morgan fingerprint density at radius 1 is 0.889 bits per heavy atom. The molecule has 3 aliphatic rings. The van der Waals surface area contributed by atoms with Gasteiger partial charge in [0.2, 0.25) is 0 Å². The summed E-state index contributed by atoms with van der Waals surface area (Å²) >= 11 is 0. The molecular weight excluding hydrogens is 448 g/mol. The lowest BCUT2D eigenvalue weighted by Crippen LogP contribution is -2.45. The summed E-state index contributed by atoms with van der Waals surface area (Å²) in [6.45, 7) is 6.77. The number of ether oxygens (including phenoxy) is 2. The molecule has 5 atom stereocenters. The van der Waals surface area contributed by atoms with Crippen molar-refractivity contribution in [3.8, 4) is 5.75 Å². The number of aryl methyl sites for hydroxylation is 1. The lowest BCUT2D eigenvalue weighted by molar-refractivity contribution is -0.157. The van der Waals surface area contributed by atoms with Crippen LogP contribution in [-0.2, 0) is 20.7 Å². The predicted molar refractivity (Wildman–Crippen MR) is 144 cm³/mol. The lowest BCUT2D eigenvalue weighted by atomic mass is 9.55. The monoisotopic (exact) mass is 496 g/mol. The van der Waals surface area contributed by atoms with E-state index in [0.717, 1.165) is 51.4 Å². The van der Waals surface area contributed by atoms with Crippen molar-refractivity contribution in [3.63, 3.8) is 0 Å². The molecule has 0 saturated heterocycles. The van der Waals surface area contributed by atoms with E-state index in [1.807, 2.05) is 6.07 Å². The van der Waals surface area contributed by atoms with Crippen LogP contribution in [0.4, 0.5) is 0 Å². The van der Waals surface area contributed by atoms with Crippen LogP contribution in [0, 0.1) is 17.3 Å². The minimum atomic E-state index is -0.106. The van der Waals surface area contributed by atoms with Gasteiger partial charge in [0.15, 0.2) is 0 Å². The molecule has 0 aromatic heterocycles. The molecule has 1 aromatic rings. The minimum absolute atomic E-state index is 0.0153. The van der Waals surface area contributed by atoms with Gasteiger partial charge in [0, 0.05) is 18.3 Å². The third-order valence-corrected chi connectivity index (χ3v) is 9.59. The van der Waals surface area contributed by atoms with Crippen molar-refractivity contribution in [2.45, 2.75) is 136 Å². The first-order chi connectivity index (χ1) is 17.5. The van der Waals surface area contributed by atoms with Crippen molar-refractivity contribution in [1.82, 2.24) is 0 Å². The fraction of sp³-hybridized carbons (Fsp3) is 0.750. The summed E-state index contributed by atoms with van der Waals surface area (Å²) in [6, 6.07) is 6.37. The van der Waals surface area contributed by atoms with Gasteiger partial charge >= 0.3 is 11.9 Å². The topological polar surface area (TPSA) is 52.6 Å². The Morgan fingerprint density at radius 3 is 2.33 bits per heavy atom. The second-order valence-corrected chi connectivity index (χ2v) is 12.0. The largest absolute Gasteiger partial charge is 0.462 e. The molecule has 2 saturated carbocycles. The van der Waals surface area contributed by atoms with Crippen LogP contribution in [0.25, 0.3) is 0 Å². The van der Waals surface area contributed by atoms with Gasteiger partial charge in [-0.25, -0.2) is 0 Å². The van der Waals surface area contributed by atoms with Gasteiger partial charge in [-0.3, -0.25) is 9.59 Å². The number of esters is 2. The summed E-state index contributed by atoms with van der Waals surface area (Å²) in [6.07, 6.45) is 16.7. The molecule has 0 heterocycles. The Hall–Kier alpha value is -1.84. The van der Waals surface area contributed by atoms with Crippen LogP contribution < -0.4 is 4.74 Å². The highest BCUT2D eigenvalue weighted by Gasteiger charge is 2.56. The number of carbonyl (C=O) groups excluding carboxylic acids is 2. The molecule has 4 rings (SSSR count). The van der Waals surface area contributed by atoms with Crippen molar-refractivity contribution < 1.29 is 19.1 Å². The van der Waals surface area contributed by atoms with E-state index in [2.05, 4.69) is 32.9 Å². The number of hydrogen-bond donors (Lipinski definition) is 0. The first-order valence-corrected chi connectivity index (χ1v) is 15.0. The van der Waals surface area contributed by atoms with Crippen LogP contribution in [0.15, 0.2) is 18.2 Å². The molecule has 0 spiro atoms. The van der Waals surface area contributed by atoms with E-state index < -0.39 is 0 Å². The Bertz CT molecular complexity index is 892. The van der Waals surface area contributed by atoms with Crippen LogP contribution in [0.1, 0.15) is 134 Å². The second-order valence-electron chi connectivity index (χ2n) is 12.0. The molecule has 0 aliphatic heterocycles. The van der Waals surface area contributed by atoms with E-state index in [-0.39, 0.29) is 23.5 Å². The third-order valence-electron chi connectivity index (χ3n) is 9.59. The van der Waals surface area contributed by atoms with Gasteiger partial charge in [-0.05, 0) is 92.4 Å². The summed E-state index contributed by atoms with van der Waals surface area (Å²) in [5.74, 6) is 2.49. The average molecular weight is 497 g/mol. The molecule has 3 aliphatic carbocycles. The highest BCUT2D eigenvalue weighted by molar-refractivity contribution is 5.72. The Balaban J connectivity index is 1.34. The highest BCUT2D eigenvalue weighted by atomic mass is 16.5. The van der Waals surface area contributed by atoms with Crippen molar-refractivity contribution in [1.29, 1.82) is 0 Å². The zero-order valence-electron chi connectivity index (χ0n) is 23.0. The SMILES string of the molecule is CCCCCCC(=O)Oc1ccc2c(c1)CC[C@@H]1[C@@H]2CC[C@]2(C)[C@@H](OC(=O)CCCCCC)CC[C@@H]12. The van der Waals surface area contributed by atoms with Gasteiger partial charge in [-0.1, -0.05) is 65.4 Å². The number of hydrogen-bond acceptors (Lipinski definition) is 4. The van der Waals surface area contributed by atoms with Gasteiger partial charge < -0.3 is 9.47 Å². The van der Waals surface area contributed by atoms with Gasteiger partial charge in [-0.2, -0.15) is 0 Å². The van der Waals surface area contributed by atoms with Crippen LogP contribution >= 0.6 is 0 Å². The maximum Gasteiger partial charge on any atom is 0.311 e. The second kappa shape index (κ2) is 12.6. The molecule has 2 fully saturated rings. The van der Waals surface area contributed by atoms with Crippen molar-refractivity contribution in [3.05, 3.63) is 29.3 Å². The molecule has 0 N–H and O–H groups in total. The Kier molecular flexibility index (Phi) is 9.52. The molecule has 1 aromatic carbocycles. The predicted octanol–water partition coefficient (Wildman–Crippen LogP) is 8.30. The van der Waals surface area contributed by atoms with Gasteiger partial charge in [-0.15, -0.1) is 0 Å². The molecule has 0 bridgehead atoms. The smallest absolute Gasteiger partial charge is 0.311 e. The van der Waals surface area contributed by atoms with Crippen molar-refractivity contribution in [2.75, 3.05) is 0 Å². The summed E-state index contributed by atoms with van der Waals surface area (Å²) in [4.78, 5) is 24.8. The minimum Gasteiger partial charge on any atom is -0.462 e. The molecule has 4 heteroatoms. The number of carbonyl (C=O) groups is 2. The van der Waals surface area contributed by atoms with Crippen molar-refractivity contribution in [2.24, 2.45) is 17.3 Å². The fourth-order valence-electron chi connectivity index (χ4n) is 7.56. The third kappa shape index (κ3) is 6.17. The number of benzene rings is 1. The van der Waals surface area contributed by atoms with E-state index in [4.69, 9.17) is 9.47 Å². The summed E-state index contributed by atoms with van der Waals surface area (Å²) in [7, 11) is 0. The van der Waals surface area contributed by atoms with Crippen molar-refractivity contribution >= 4 is 11.9 Å². The quantitative estimate of drug-likeness (QED) is 0.166. The van der Waals surface area contributed by atoms with Crippen LogP contribution in [-0.4, -0.2) is 18.0 Å². The van der Waals surface area contributed by atoms with Gasteiger partial charge in [0.1, 0.15) is 11.9 Å². The summed E-state index contributed by atoms with van der Waals surface area (Å²) in [5, 5.41) is 0. The molecule has 0 unspecified atom stereocenters. The van der Waals surface area contributed by atoms with Gasteiger partial charge in [0.05, 0.1) is 0 Å². The maximum absolute atomic E-state index is 12.6. The van der Waals surface area contributed by atoms with E-state index in [9.17, 15) is 9.59 Å². The standard InChI is InChI=1S/C32H48O4/c1-4-6-8-10-12-30(33)35-24-15-17-25-23(22-24)14-16-27-26(25)20-21-32(3)28(27)18-19-29(32)36-31(34)13-11-9-7-5-2/h15,17,22,26-29H,4-14,16,18-21H2,1-3H3/t26-,27-,28+,29+,32+/m1/s1. The van der Waals surface area contributed by atoms with Crippen LogP contribution in [0.2, 0.25) is 0 Å². The highest BCUT2D eigenvalue weighted by Crippen LogP contribution is 2.61. The van der Waals surface area contributed by atoms with Crippen LogP contribution in [0.3, 0.4) is 0 Å². The molecule has 36 heavy (non-hydrogen) atoms. The van der Waals surface area contributed by atoms with E-state index in [0.29, 0.717) is 36.3 Å². The number of rotatable bonds is 12. The molecule has 4 nitrogen and oxygen atoms in total. The number of fused-ring (bicyclic) bond motifs is 5. The molecular formula is C32H48O4.